The van der Waals surface area contributed by atoms with Crippen molar-refractivity contribution in [1.29, 1.82) is 0 Å². The van der Waals surface area contributed by atoms with E-state index < -0.39 is 6.04 Å². The van der Waals surface area contributed by atoms with Crippen molar-refractivity contribution in [1.82, 2.24) is 5.43 Å². The Hall–Kier alpha value is -1.46. The molecule has 3 N–H and O–H groups in total. The average molecular weight is 327 g/mol. The Bertz CT molecular complexity index is 615. The number of rotatable bonds is 5. The standard InChI is InChI=1S/C15H16Cl2N2O2/c1-20-9-6-7-10(13(8-9)21-2)15(19-18)14-11(16)4-3-5-12(14)17/h3-8,15,19H,18H2,1-2H3. The van der Waals surface area contributed by atoms with Crippen molar-refractivity contribution in [3.8, 4) is 11.5 Å². The highest BCUT2D eigenvalue weighted by molar-refractivity contribution is 6.36. The third-order valence-corrected chi connectivity index (χ3v) is 3.87. The SMILES string of the molecule is COc1ccc(C(NN)c2c(Cl)cccc2Cl)c(OC)c1. The normalized spacial score (nSPS) is 12.0. The van der Waals surface area contributed by atoms with Gasteiger partial charge in [-0.1, -0.05) is 29.3 Å². The fourth-order valence-electron chi connectivity index (χ4n) is 2.17. The Labute approximate surface area is 133 Å². The molecule has 6 heteroatoms. The van der Waals surface area contributed by atoms with Crippen LogP contribution in [0.3, 0.4) is 0 Å². The third-order valence-electron chi connectivity index (χ3n) is 3.21. The summed E-state index contributed by atoms with van der Waals surface area (Å²) in [4.78, 5) is 0. The summed E-state index contributed by atoms with van der Waals surface area (Å²) < 4.78 is 10.6. The molecule has 0 fully saturated rings. The molecule has 0 aliphatic rings. The largest absolute Gasteiger partial charge is 0.497 e. The van der Waals surface area contributed by atoms with Crippen LogP contribution >= 0.6 is 23.2 Å². The van der Waals surface area contributed by atoms with Crippen LogP contribution in [0.4, 0.5) is 0 Å². The maximum absolute atomic E-state index is 6.26. The second kappa shape index (κ2) is 7.00. The van der Waals surface area contributed by atoms with Crippen molar-refractivity contribution >= 4 is 23.2 Å². The molecule has 0 aromatic heterocycles. The summed E-state index contributed by atoms with van der Waals surface area (Å²) in [5, 5.41) is 1.06. The van der Waals surface area contributed by atoms with E-state index in [1.165, 1.54) is 0 Å². The summed E-state index contributed by atoms with van der Waals surface area (Å²) in [6.07, 6.45) is 0. The van der Waals surface area contributed by atoms with Gasteiger partial charge in [-0.15, -0.1) is 0 Å². The van der Waals surface area contributed by atoms with Crippen molar-refractivity contribution in [2.45, 2.75) is 6.04 Å². The zero-order valence-corrected chi connectivity index (χ0v) is 13.2. The molecule has 0 aliphatic carbocycles. The van der Waals surface area contributed by atoms with Crippen molar-refractivity contribution in [2.75, 3.05) is 14.2 Å². The van der Waals surface area contributed by atoms with Gasteiger partial charge in [-0.05, 0) is 24.3 Å². The van der Waals surface area contributed by atoms with E-state index in [9.17, 15) is 0 Å². The van der Waals surface area contributed by atoms with Gasteiger partial charge in [0, 0.05) is 27.2 Å². The van der Waals surface area contributed by atoms with Crippen LogP contribution in [0.25, 0.3) is 0 Å². The Morgan fingerprint density at radius 3 is 2.24 bits per heavy atom. The van der Waals surface area contributed by atoms with Crippen LogP contribution in [-0.4, -0.2) is 14.2 Å². The van der Waals surface area contributed by atoms with Crippen LogP contribution < -0.4 is 20.7 Å². The Kier molecular flexibility index (Phi) is 5.31. The molecular formula is C15H16Cl2N2O2. The highest BCUT2D eigenvalue weighted by Gasteiger charge is 2.22. The molecule has 1 atom stereocenters. The fourth-order valence-corrected chi connectivity index (χ4v) is 2.79. The Balaban J connectivity index is 2.56. The van der Waals surface area contributed by atoms with Crippen molar-refractivity contribution < 1.29 is 9.47 Å². The number of ether oxygens (including phenoxy) is 2. The van der Waals surface area contributed by atoms with Gasteiger partial charge in [-0.2, -0.15) is 0 Å². The van der Waals surface area contributed by atoms with Gasteiger partial charge in [0.15, 0.2) is 0 Å². The zero-order valence-electron chi connectivity index (χ0n) is 11.7. The smallest absolute Gasteiger partial charge is 0.127 e. The molecule has 0 spiro atoms. The number of hydrogen-bond donors (Lipinski definition) is 2. The van der Waals surface area contributed by atoms with Crippen molar-refractivity contribution in [3.05, 3.63) is 57.6 Å². The molecule has 0 radical (unpaired) electrons. The summed E-state index contributed by atoms with van der Waals surface area (Å²) in [5.41, 5.74) is 4.26. The third kappa shape index (κ3) is 3.24. The molecule has 0 saturated carbocycles. The van der Waals surface area contributed by atoms with E-state index in [0.717, 1.165) is 5.56 Å². The molecule has 0 saturated heterocycles. The van der Waals surface area contributed by atoms with Gasteiger partial charge >= 0.3 is 0 Å². The van der Waals surface area contributed by atoms with Gasteiger partial charge in [-0.25, -0.2) is 5.43 Å². The van der Waals surface area contributed by atoms with E-state index in [1.807, 2.05) is 12.1 Å². The number of methoxy groups -OCH3 is 2. The van der Waals surface area contributed by atoms with Crippen LogP contribution in [0.5, 0.6) is 11.5 Å². The highest BCUT2D eigenvalue weighted by Crippen LogP contribution is 2.38. The van der Waals surface area contributed by atoms with E-state index in [-0.39, 0.29) is 0 Å². The van der Waals surface area contributed by atoms with Crippen molar-refractivity contribution in [2.24, 2.45) is 5.84 Å². The fraction of sp³-hybridized carbons (Fsp3) is 0.200. The lowest BCUT2D eigenvalue weighted by Gasteiger charge is -2.22. The molecule has 21 heavy (non-hydrogen) atoms. The molecule has 112 valence electrons. The second-order valence-corrected chi connectivity index (χ2v) is 5.16. The Morgan fingerprint density at radius 2 is 1.71 bits per heavy atom. The van der Waals surface area contributed by atoms with Crippen LogP contribution in [0.1, 0.15) is 17.2 Å². The number of hydrazine groups is 1. The van der Waals surface area contributed by atoms with Crippen LogP contribution in [0, 0.1) is 0 Å². The highest BCUT2D eigenvalue weighted by atomic mass is 35.5. The number of nitrogens with one attached hydrogen (secondary N) is 1. The summed E-state index contributed by atoms with van der Waals surface area (Å²) in [6.45, 7) is 0. The molecule has 2 rings (SSSR count). The van der Waals surface area contributed by atoms with Gasteiger partial charge in [-0.3, -0.25) is 5.84 Å². The quantitative estimate of drug-likeness (QED) is 0.651. The maximum Gasteiger partial charge on any atom is 0.127 e. The first kappa shape index (κ1) is 15.9. The summed E-state index contributed by atoms with van der Waals surface area (Å²) >= 11 is 12.5. The summed E-state index contributed by atoms with van der Waals surface area (Å²) in [7, 11) is 3.18. The molecule has 0 amide bonds. The lowest BCUT2D eigenvalue weighted by atomic mass is 9.98. The molecule has 4 nitrogen and oxygen atoms in total. The van der Waals surface area contributed by atoms with Gasteiger partial charge in [0.05, 0.1) is 20.3 Å². The van der Waals surface area contributed by atoms with E-state index in [1.54, 1.807) is 38.5 Å². The van der Waals surface area contributed by atoms with Crippen molar-refractivity contribution in [3.63, 3.8) is 0 Å². The first-order valence-electron chi connectivity index (χ1n) is 6.24. The minimum atomic E-state index is -0.396. The predicted molar refractivity (Wildman–Crippen MR) is 85.2 cm³/mol. The van der Waals surface area contributed by atoms with Crippen LogP contribution in [0.15, 0.2) is 36.4 Å². The van der Waals surface area contributed by atoms with Gasteiger partial charge in [0.25, 0.3) is 0 Å². The number of nitrogens with two attached hydrogens (primary N) is 1. The monoisotopic (exact) mass is 326 g/mol. The molecule has 2 aromatic rings. The van der Waals surface area contributed by atoms with Gasteiger partial charge in [0.2, 0.25) is 0 Å². The minimum absolute atomic E-state index is 0.396. The van der Waals surface area contributed by atoms with Crippen LogP contribution in [0.2, 0.25) is 10.0 Å². The Morgan fingerprint density at radius 1 is 1.05 bits per heavy atom. The molecule has 0 bridgehead atoms. The molecule has 2 aromatic carbocycles. The topological polar surface area (TPSA) is 56.5 Å². The minimum Gasteiger partial charge on any atom is -0.497 e. The summed E-state index contributed by atoms with van der Waals surface area (Å²) in [5.74, 6) is 7.04. The molecule has 0 heterocycles. The maximum atomic E-state index is 6.26. The van der Waals surface area contributed by atoms with Crippen LogP contribution in [-0.2, 0) is 0 Å². The molecule has 1 unspecified atom stereocenters. The molecule has 0 aliphatic heterocycles. The van der Waals surface area contributed by atoms with E-state index in [4.69, 9.17) is 38.5 Å². The number of hydrogen-bond acceptors (Lipinski definition) is 4. The lowest BCUT2D eigenvalue weighted by molar-refractivity contribution is 0.387. The lowest BCUT2D eigenvalue weighted by Crippen LogP contribution is -2.29. The van der Waals surface area contributed by atoms with Gasteiger partial charge in [0.1, 0.15) is 11.5 Å². The zero-order chi connectivity index (χ0) is 15.4. The summed E-state index contributed by atoms with van der Waals surface area (Å²) in [6, 6.07) is 10.4. The predicted octanol–water partition coefficient (Wildman–Crippen LogP) is 3.56. The second-order valence-electron chi connectivity index (χ2n) is 4.34. The first-order valence-corrected chi connectivity index (χ1v) is 7.00. The van der Waals surface area contributed by atoms with E-state index in [2.05, 4.69) is 5.43 Å². The average Bonchev–Trinajstić information content (AvgIpc) is 2.50. The number of benzene rings is 2. The number of halogens is 2. The van der Waals surface area contributed by atoms with E-state index in [0.29, 0.717) is 27.1 Å². The molecular weight excluding hydrogens is 311 g/mol. The van der Waals surface area contributed by atoms with E-state index >= 15 is 0 Å². The first-order chi connectivity index (χ1) is 10.1. The van der Waals surface area contributed by atoms with Gasteiger partial charge < -0.3 is 9.47 Å².